The summed E-state index contributed by atoms with van der Waals surface area (Å²) in [5, 5.41) is 11.1. The number of carbonyl (C=O) groups is 2. The van der Waals surface area contributed by atoms with Crippen LogP contribution in [0.5, 0.6) is 0 Å². The Morgan fingerprint density at radius 1 is 1.25 bits per heavy atom. The zero-order chi connectivity index (χ0) is 15.3. The summed E-state index contributed by atoms with van der Waals surface area (Å²) in [7, 11) is 0. The maximum Gasteiger partial charge on any atom is 0.326 e. The third-order valence-electron chi connectivity index (χ3n) is 2.70. The smallest absolute Gasteiger partial charge is 0.326 e. The summed E-state index contributed by atoms with van der Waals surface area (Å²) >= 11 is 0. The molecular weight excluding hydrogens is 275 g/mol. The molecule has 1 rings (SSSR count). The minimum absolute atomic E-state index is 0.198. The van der Waals surface area contributed by atoms with Gasteiger partial charge >= 0.3 is 5.97 Å². The van der Waals surface area contributed by atoms with Crippen LogP contribution in [0.4, 0.5) is 13.2 Å². The third-order valence-corrected chi connectivity index (χ3v) is 2.70. The molecule has 20 heavy (non-hydrogen) atoms. The van der Waals surface area contributed by atoms with Crippen molar-refractivity contribution in [2.45, 2.75) is 32.2 Å². The van der Waals surface area contributed by atoms with Crippen LogP contribution in [0.15, 0.2) is 12.1 Å². The molecule has 7 heteroatoms. The Kier molecular flexibility index (Phi) is 5.54. The summed E-state index contributed by atoms with van der Waals surface area (Å²) in [5.74, 6) is -6.89. The maximum atomic E-state index is 13.0. The van der Waals surface area contributed by atoms with Crippen molar-refractivity contribution in [1.82, 2.24) is 5.32 Å². The van der Waals surface area contributed by atoms with Crippen molar-refractivity contribution in [3.8, 4) is 0 Å². The molecule has 0 spiro atoms. The summed E-state index contributed by atoms with van der Waals surface area (Å²) in [6.07, 6.45) is 1.51. The van der Waals surface area contributed by atoms with Gasteiger partial charge in [-0.05, 0) is 18.6 Å². The van der Waals surface area contributed by atoms with E-state index in [1.165, 1.54) is 0 Å². The van der Waals surface area contributed by atoms with Crippen molar-refractivity contribution in [2.24, 2.45) is 0 Å². The number of hydrogen-bond donors (Lipinski definition) is 2. The van der Waals surface area contributed by atoms with Crippen molar-refractivity contribution >= 4 is 11.9 Å². The van der Waals surface area contributed by atoms with Gasteiger partial charge in [0.25, 0.3) is 5.91 Å². The number of hydrogen-bond acceptors (Lipinski definition) is 2. The SMILES string of the molecule is CCCC[C@H](NC(=O)c1cc(F)c(F)c(F)c1)C(=O)O. The second-order valence-electron chi connectivity index (χ2n) is 4.26. The lowest BCUT2D eigenvalue weighted by molar-refractivity contribution is -0.139. The van der Waals surface area contributed by atoms with E-state index < -0.39 is 40.9 Å². The molecule has 0 radical (unpaired) electrons. The highest BCUT2D eigenvalue weighted by atomic mass is 19.2. The van der Waals surface area contributed by atoms with E-state index in [0.29, 0.717) is 18.6 Å². The van der Waals surface area contributed by atoms with Crippen molar-refractivity contribution in [2.75, 3.05) is 0 Å². The number of unbranched alkanes of at least 4 members (excludes halogenated alkanes) is 1. The lowest BCUT2D eigenvalue weighted by Crippen LogP contribution is -2.40. The fourth-order valence-electron chi connectivity index (χ4n) is 1.59. The molecule has 1 aromatic carbocycles. The van der Waals surface area contributed by atoms with Crippen molar-refractivity contribution in [3.05, 3.63) is 35.1 Å². The normalized spacial score (nSPS) is 12.0. The van der Waals surface area contributed by atoms with Gasteiger partial charge in [-0.25, -0.2) is 18.0 Å². The second-order valence-corrected chi connectivity index (χ2v) is 4.26. The highest BCUT2D eigenvalue weighted by molar-refractivity contribution is 5.96. The van der Waals surface area contributed by atoms with E-state index in [0.717, 1.165) is 6.42 Å². The first kappa shape index (κ1) is 16.0. The average molecular weight is 289 g/mol. The van der Waals surface area contributed by atoms with Crippen molar-refractivity contribution < 1.29 is 27.9 Å². The predicted octanol–water partition coefficient (Wildman–Crippen LogP) is 2.48. The largest absolute Gasteiger partial charge is 0.480 e. The lowest BCUT2D eigenvalue weighted by atomic mass is 10.1. The summed E-state index contributed by atoms with van der Waals surface area (Å²) in [6, 6.07) is -0.113. The zero-order valence-corrected chi connectivity index (χ0v) is 10.8. The number of carboxylic acids is 1. The van der Waals surface area contributed by atoms with Gasteiger partial charge in [0.05, 0.1) is 0 Å². The number of nitrogens with one attached hydrogen (secondary N) is 1. The molecular formula is C13H14F3NO3. The molecule has 0 bridgehead atoms. The van der Waals surface area contributed by atoms with Gasteiger partial charge in [-0.2, -0.15) is 0 Å². The van der Waals surface area contributed by atoms with Crippen LogP contribution in [0.3, 0.4) is 0 Å². The molecule has 0 fully saturated rings. The van der Waals surface area contributed by atoms with Gasteiger partial charge < -0.3 is 10.4 Å². The predicted molar refractivity (Wildman–Crippen MR) is 64.7 cm³/mol. The van der Waals surface area contributed by atoms with Crippen LogP contribution in [0.25, 0.3) is 0 Å². The summed E-state index contributed by atoms with van der Waals surface area (Å²) in [4.78, 5) is 22.6. The van der Waals surface area contributed by atoms with Crippen molar-refractivity contribution in [1.29, 1.82) is 0 Å². The Bertz CT molecular complexity index is 497. The van der Waals surface area contributed by atoms with Gasteiger partial charge in [-0.15, -0.1) is 0 Å². The fourth-order valence-corrected chi connectivity index (χ4v) is 1.59. The van der Waals surface area contributed by atoms with Gasteiger partial charge in [-0.3, -0.25) is 4.79 Å². The molecule has 0 aliphatic rings. The van der Waals surface area contributed by atoms with Gasteiger partial charge in [-0.1, -0.05) is 19.8 Å². The van der Waals surface area contributed by atoms with E-state index in [1.54, 1.807) is 0 Å². The fraction of sp³-hybridized carbons (Fsp3) is 0.385. The van der Waals surface area contributed by atoms with Crippen molar-refractivity contribution in [3.63, 3.8) is 0 Å². The minimum atomic E-state index is -1.68. The second kappa shape index (κ2) is 6.93. The lowest BCUT2D eigenvalue weighted by Gasteiger charge is -2.14. The number of carbonyl (C=O) groups excluding carboxylic acids is 1. The van der Waals surface area contributed by atoms with E-state index in [-0.39, 0.29) is 6.42 Å². The first-order chi connectivity index (χ1) is 9.36. The molecule has 0 aliphatic heterocycles. The molecule has 1 amide bonds. The zero-order valence-electron chi connectivity index (χ0n) is 10.8. The molecule has 0 heterocycles. The number of halogens is 3. The number of rotatable bonds is 6. The van der Waals surface area contributed by atoms with E-state index >= 15 is 0 Å². The maximum absolute atomic E-state index is 13.0. The Balaban J connectivity index is 2.86. The van der Waals surface area contributed by atoms with Gasteiger partial charge in [0.1, 0.15) is 6.04 Å². The highest BCUT2D eigenvalue weighted by Crippen LogP contribution is 2.14. The average Bonchev–Trinajstić information content (AvgIpc) is 2.39. The quantitative estimate of drug-likeness (QED) is 0.791. The standard InChI is InChI=1S/C13H14F3NO3/c1-2-3-4-10(13(19)20)17-12(18)7-5-8(14)11(16)9(15)6-7/h5-6,10H,2-4H2,1H3,(H,17,18)(H,19,20)/t10-/m0/s1. The molecule has 0 unspecified atom stereocenters. The van der Waals surface area contributed by atoms with E-state index in [1.807, 2.05) is 6.92 Å². The van der Waals surface area contributed by atoms with Crippen LogP contribution in [-0.2, 0) is 4.79 Å². The molecule has 0 saturated heterocycles. The molecule has 0 aromatic heterocycles. The Morgan fingerprint density at radius 3 is 2.25 bits per heavy atom. The molecule has 4 nitrogen and oxygen atoms in total. The van der Waals surface area contributed by atoms with Crippen LogP contribution >= 0.6 is 0 Å². The molecule has 110 valence electrons. The van der Waals surface area contributed by atoms with E-state index in [9.17, 15) is 22.8 Å². The molecule has 1 aromatic rings. The van der Waals surface area contributed by atoms with Crippen LogP contribution in [0.2, 0.25) is 0 Å². The number of amides is 1. The summed E-state index contributed by atoms with van der Waals surface area (Å²) < 4.78 is 38.7. The highest BCUT2D eigenvalue weighted by Gasteiger charge is 2.21. The number of aliphatic carboxylic acids is 1. The summed E-state index contributed by atoms with van der Waals surface area (Å²) in [6.45, 7) is 1.85. The molecule has 0 saturated carbocycles. The summed E-state index contributed by atoms with van der Waals surface area (Å²) in [5.41, 5.74) is -0.468. The number of carboxylic acid groups (broad SMARTS) is 1. The van der Waals surface area contributed by atoms with Crippen LogP contribution < -0.4 is 5.32 Å². The number of benzene rings is 1. The van der Waals surface area contributed by atoms with Gasteiger partial charge in [0, 0.05) is 5.56 Å². The van der Waals surface area contributed by atoms with Crippen LogP contribution in [0, 0.1) is 17.5 Å². The molecule has 2 N–H and O–H groups in total. The Hall–Kier alpha value is -2.05. The molecule has 0 aliphatic carbocycles. The van der Waals surface area contributed by atoms with Crippen LogP contribution in [0.1, 0.15) is 36.5 Å². The Morgan fingerprint density at radius 2 is 1.80 bits per heavy atom. The minimum Gasteiger partial charge on any atom is -0.480 e. The van der Waals surface area contributed by atoms with Crippen LogP contribution in [-0.4, -0.2) is 23.0 Å². The third kappa shape index (κ3) is 3.97. The van der Waals surface area contributed by atoms with E-state index in [2.05, 4.69) is 5.32 Å². The molecule has 1 atom stereocenters. The van der Waals surface area contributed by atoms with Gasteiger partial charge in [0.2, 0.25) is 0 Å². The Labute approximate surface area is 113 Å². The monoisotopic (exact) mass is 289 g/mol. The van der Waals surface area contributed by atoms with E-state index in [4.69, 9.17) is 5.11 Å². The first-order valence-corrected chi connectivity index (χ1v) is 6.05. The topological polar surface area (TPSA) is 66.4 Å². The first-order valence-electron chi connectivity index (χ1n) is 6.05. The van der Waals surface area contributed by atoms with Gasteiger partial charge in [0.15, 0.2) is 17.5 Å².